The molecule has 0 aromatic heterocycles. The second kappa shape index (κ2) is 9.99. The monoisotopic (exact) mass is 436 g/mol. The van der Waals surface area contributed by atoms with Crippen LogP contribution >= 0.6 is 23.2 Å². The van der Waals surface area contributed by atoms with Gasteiger partial charge in [-0.1, -0.05) is 47.5 Å². The van der Waals surface area contributed by atoms with Crippen molar-refractivity contribution in [3.05, 3.63) is 64.1 Å². The van der Waals surface area contributed by atoms with Crippen LogP contribution in [0.15, 0.2) is 48.5 Å². The SMILES string of the molecule is CC(C(=O)NC(C)(C)C)N(Cc1c(Cl)cccc1Cl)C(=O)COc1ccccc1. The lowest BCUT2D eigenvalue weighted by Crippen LogP contribution is -2.53. The Morgan fingerprint density at radius 3 is 2.17 bits per heavy atom. The third-order valence-electron chi connectivity index (χ3n) is 4.16. The molecule has 0 fully saturated rings. The fourth-order valence-corrected chi connectivity index (χ4v) is 3.17. The number of hydrogen-bond acceptors (Lipinski definition) is 3. The molecule has 0 aliphatic carbocycles. The van der Waals surface area contributed by atoms with E-state index in [2.05, 4.69) is 5.32 Å². The quantitative estimate of drug-likeness (QED) is 0.683. The molecule has 2 amide bonds. The number of amides is 2. The Balaban J connectivity index is 2.24. The first kappa shape index (κ1) is 23.0. The van der Waals surface area contributed by atoms with Crippen molar-refractivity contribution in [3.63, 3.8) is 0 Å². The maximum absolute atomic E-state index is 13.0. The summed E-state index contributed by atoms with van der Waals surface area (Å²) >= 11 is 12.6. The zero-order valence-corrected chi connectivity index (χ0v) is 18.6. The maximum atomic E-state index is 13.0. The molecule has 2 rings (SSSR count). The van der Waals surface area contributed by atoms with Crippen molar-refractivity contribution in [2.24, 2.45) is 0 Å². The number of para-hydroxylation sites is 1. The molecular formula is C22H26Cl2N2O3. The van der Waals surface area contributed by atoms with E-state index in [1.807, 2.05) is 39.0 Å². The van der Waals surface area contributed by atoms with Gasteiger partial charge in [0.05, 0.1) is 0 Å². The van der Waals surface area contributed by atoms with Crippen molar-refractivity contribution in [1.29, 1.82) is 0 Å². The first-order valence-corrected chi connectivity index (χ1v) is 10.1. The molecule has 0 heterocycles. The van der Waals surface area contributed by atoms with E-state index >= 15 is 0 Å². The Morgan fingerprint density at radius 2 is 1.62 bits per heavy atom. The molecule has 1 unspecified atom stereocenters. The molecule has 156 valence electrons. The third kappa shape index (κ3) is 6.94. The molecule has 5 nitrogen and oxygen atoms in total. The number of halogens is 2. The van der Waals surface area contributed by atoms with Gasteiger partial charge in [-0.3, -0.25) is 9.59 Å². The zero-order chi connectivity index (χ0) is 21.6. The van der Waals surface area contributed by atoms with Crippen LogP contribution in [0.5, 0.6) is 5.75 Å². The first-order chi connectivity index (χ1) is 13.6. The smallest absolute Gasteiger partial charge is 0.261 e. The summed E-state index contributed by atoms with van der Waals surface area (Å²) in [6.45, 7) is 7.20. The summed E-state index contributed by atoms with van der Waals surface area (Å²) in [7, 11) is 0. The highest BCUT2D eigenvalue weighted by atomic mass is 35.5. The molecule has 0 saturated heterocycles. The number of rotatable bonds is 7. The Labute approximate surface area is 181 Å². The summed E-state index contributed by atoms with van der Waals surface area (Å²) in [4.78, 5) is 27.1. The molecule has 0 bridgehead atoms. The predicted molar refractivity (Wildman–Crippen MR) is 116 cm³/mol. The van der Waals surface area contributed by atoms with Crippen LogP contribution in [0.2, 0.25) is 10.0 Å². The third-order valence-corrected chi connectivity index (χ3v) is 4.87. The number of nitrogens with zero attached hydrogens (tertiary/aromatic N) is 1. The second-order valence-corrected chi connectivity index (χ2v) is 8.55. The highest BCUT2D eigenvalue weighted by molar-refractivity contribution is 6.36. The van der Waals surface area contributed by atoms with E-state index in [4.69, 9.17) is 27.9 Å². The minimum Gasteiger partial charge on any atom is -0.484 e. The van der Waals surface area contributed by atoms with E-state index in [9.17, 15) is 9.59 Å². The molecule has 0 aliphatic rings. The van der Waals surface area contributed by atoms with Gasteiger partial charge in [-0.05, 0) is 52.0 Å². The largest absolute Gasteiger partial charge is 0.484 e. The van der Waals surface area contributed by atoms with Crippen molar-refractivity contribution in [1.82, 2.24) is 10.2 Å². The fraction of sp³-hybridized carbons (Fsp3) is 0.364. The molecule has 0 spiro atoms. The minimum absolute atomic E-state index is 0.0915. The fourth-order valence-electron chi connectivity index (χ4n) is 2.66. The lowest BCUT2D eigenvalue weighted by atomic mass is 10.1. The van der Waals surface area contributed by atoms with E-state index in [0.29, 0.717) is 21.4 Å². The van der Waals surface area contributed by atoms with Crippen LogP contribution in [-0.4, -0.2) is 34.9 Å². The molecule has 2 aromatic rings. The van der Waals surface area contributed by atoms with E-state index in [-0.39, 0.29) is 25.0 Å². The topological polar surface area (TPSA) is 58.6 Å². The van der Waals surface area contributed by atoms with Gasteiger partial charge < -0.3 is 15.0 Å². The van der Waals surface area contributed by atoms with E-state index in [1.54, 1.807) is 37.3 Å². The van der Waals surface area contributed by atoms with Gasteiger partial charge in [-0.15, -0.1) is 0 Å². The molecule has 2 aromatic carbocycles. The van der Waals surface area contributed by atoms with Gasteiger partial charge in [0.2, 0.25) is 5.91 Å². The van der Waals surface area contributed by atoms with Crippen LogP contribution in [0.25, 0.3) is 0 Å². The van der Waals surface area contributed by atoms with Crippen LogP contribution in [0.4, 0.5) is 0 Å². The number of carbonyl (C=O) groups is 2. The van der Waals surface area contributed by atoms with Crippen LogP contribution in [0.3, 0.4) is 0 Å². The molecule has 0 aliphatic heterocycles. The molecule has 0 radical (unpaired) electrons. The molecule has 7 heteroatoms. The van der Waals surface area contributed by atoms with Gasteiger partial charge in [-0.25, -0.2) is 0 Å². The van der Waals surface area contributed by atoms with Gasteiger partial charge in [0.15, 0.2) is 6.61 Å². The van der Waals surface area contributed by atoms with E-state index < -0.39 is 11.6 Å². The molecule has 0 saturated carbocycles. The van der Waals surface area contributed by atoms with Crippen molar-refractivity contribution in [2.75, 3.05) is 6.61 Å². The van der Waals surface area contributed by atoms with Gasteiger partial charge in [0.1, 0.15) is 11.8 Å². The summed E-state index contributed by atoms with van der Waals surface area (Å²) in [5.74, 6) is -0.0430. The van der Waals surface area contributed by atoms with Crippen LogP contribution < -0.4 is 10.1 Å². The molecule has 29 heavy (non-hydrogen) atoms. The predicted octanol–water partition coefficient (Wildman–Crippen LogP) is 4.70. The first-order valence-electron chi connectivity index (χ1n) is 9.30. The summed E-state index contributed by atoms with van der Waals surface area (Å²) < 4.78 is 5.59. The molecular weight excluding hydrogens is 411 g/mol. The number of hydrogen-bond donors (Lipinski definition) is 1. The summed E-state index contributed by atoms with van der Waals surface area (Å²) in [5.41, 5.74) is 0.155. The summed E-state index contributed by atoms with van der Waals surface area (Å²) in [6, 6.07) is 13.4. The average molecular weight is 437 g/mol. The number of benzene rings is 2. The normalized spacial score (nSPS) is 12.2. The standard InChI is InChI=1S/C22H26Cl2N2O3/c1-15(21(28)25-22(2,3)4)26(13-17-18(23)11-8-12-19(17)24)20(27)14-29-16-9-6-5-7-10-16/h5-12,15H,13-14H2,1-4H3,(H,25,28). The summed E-state index contributed by atoms with van der Waals surface area (Å²) in [5, 5.41) is 3.77. The van der Waals surface area contributed by atoms with Crippen molar-refractivity contribution in [3.8, 4) is 5.75 Å². The van der Waals surface area contributed by atoms with Gasteiger partial charge in [0.25, 0.3) is 5.91 Å². The number of ether oxygens (including phenoxy) is 1. The second-order valence-electron chi connectivity index (χ2n) is 7.74. The number of carbonyl (C=O) groups excluding carboxylic acids is 2. The van der Waals surface area contributed by atoms with Gasteiger partial charge in [-0.2, -0.15) is 0 Å². The Morgan fingerprint density at radius 1 is 1.03 bits per heavy atom. The molecule has 1 atom stereocenters. The Kier molecular flexibility index (Phi) is 7.94. The Hall–Kier alpha value is -2.24. The lowest BCUT2D eigenvalue weighted by Gasteiger charge is -2.31. The zero-order valence-electron chi connectivity index (χ0n) is 17.0. The van der Waals surface area contributed by atoms with Crippen LogP contribution in [-0.2, 0) is 16.1 Å². The highest BCUT2D eigenvalue weighted by Crippen LogP contribution is 2.26. The minimum atomic E-state index is -0.742. The lowest BCUT2D eigenvalue weighted by molar-refractivity contribution is -0.142. The van der Waals surface area contributed by atoms with Crippen molar-refractivity contribution >= 4 is 35.0 Å². The maximum Gasteiger partial charge on any atom is 0.261 e. The van der Waals surface area contributed by atoms with Gasteiger partial charge >= 0.3 is 0 Å². The van der Waals surface area contributed by atoms with Crippen LogP contribution in [0.1, 0.15) is 33.3 Å². The summed E-state index contributed by atoms with van der Waals surface area (Å²) in [6.07, 6.45) is 0. The van der Waals surface area contributed by atoms with Crippen molar-refractivity contribution in [2.45, 2.75) is 45.8 Å². The van der Waals surface area contributed by atoms with E-state index in [1.165, 1.54) is 4.90 Å². The molecule has 1 N–H and O–H groups in total. The van der Waals surface area contributed by atoms with Crippen LogP contribution in [0, 0.1) is 0 Å². The van der Waals surface area contributed by atoms with Crippen molar-refractivity contribution < 1.29 is 14.3 Å². The van der Waals surface area contributed by atoms with Gasteiger partial charge in [0, 0.05) is 27.7 Å². The average Bonchev–Trinajstić information content (AvgIpc) is 2.65. The van der Waals surface area contributed by atoms with E-state index in [0.717, 1.165) is 0 Å². The Bertz CT molecular complexity index is 831. The highest BCUT2D eigenvalue weighted by Gasteiger charge is 2.29. The number of nitrogens with one attached hydrogen (secondary N) is 1.